The Bertz CT molecular complexity index is 780. The minimum absolute atomic E-state index is 0.226. The fourth-order valence-corrected chi connectivity index (χ4v) is 4.06. The van der Waals surface area contributed by atoms with Crippen LogP contribution in [0.25, 0.3) is 0 Å². The minimum Gasteiger partial charge on any atom is -0.443 e. The number of imide groups is 1. The molecule has 1 aliphatic carbocycles. The summed E-state index contributed by atoms with van der Waals surface area (Å²) in [6.45, 7) is 11.6. The molecule has 2 aliphatic rings. The Balaban J connectivity index is 1.96. The first-order valence-electron chi connectivity index (χ1n) is 10.0. The fraction of sp³-hybridized carbons (Fsp3) is 0.591. The van der Waals surface area contributed by atoms with E-state index < -0.39 is 23.3 Å². The van der Waals surface area contributed by atoms with Gasteiger partial charge in [-0.25, -0.2) is 14.6 Å². The molecule has 1 aromatic carbocycles. The van der Waals surface area contributed by atoms with Crippen molar-refractivity contribution < 1.29 is 14.3 Å². The second-order valence-corrected chi connectivity index (χ2v) is 9.43. The van der Waals surface area contributed by atoms with Gasteiger partial charge < -0.3 is 4.74 Å². The maximum Gasteiger partial charge on any atom is 0.423 e. The van der Waals surface area contributed by atoms with E-state index in [2.05, 4.69) is 12.0 Å². The fourth-order valence-electron chi connectivity index (χ4n) is 4.06. The zero-order valence-corrected chi connectivity index (χ0v) is 17.7. The molecule has 0 radical (unpaired) electrons. The van der Waals surface area contributed by atoms with Gasteiger partial charge in [-0.2, -0.15) is 10.0 Å². The van der Waals surface area contributed by atoms with E-state index in [1.807, 2.05) is 19.9 Å². The summed E-state index contributed by atoms with van der Waals surface area (Å²) < 4.78 is 5.53. The number of hydrogen-bond donors (Lipinski definition) is 0. The van der Waals surface area contributed by atoms with Crippen molar-refractivity contribution in [3.8, 4) is 0 Å². The third-order valence-electron chi connectivity index (χ3n) is 5.50. The van der Waals surface area contributed by atoms with Crippen LogP contribution >= 0.6 is 0 Å². The number of carbonyl (C=O) groups is 2. The predicted octanol–water partition coefficient (Wildman–Crippen LogP) is 5.43. The van der Waals surface area contributed by atoms with Crippen molar-refractivity contribution in [3.05, 3.63) is 30.3 Å². The molecule has 0 N–H and O–H groups in total. The van der Waals surface area contributed by atoms with E-state index >= 15 is 0 Å². The Morgan fingerprint density at radius 3 is 2.43 bits per heavy atom. The van der Waals surface area contributed by atoms with Gasteiger partial charge in [0.2, 0.25) is 0 Å². The molecule has 0 bridgehead atoms. The number of carbonyl (C=O) groups excluding carboxylic acids is 2. The van der Waals surface area contributed by atoms with Crippen LogP contribution in [0, 0.1) is 11.8 Å². The normalized spacial score (nSPS) is 23.6. The molecule has 6 heteroatoms. The third kappa shape index (κ3) is 3.91. The first-order chi connectivity index (χ1) is 13.0. The van der Waals surface area contributed by atoms with E-state index in [1.165, 1.54) is 5.01 Å². The van der Waals surface area contributed by atoms with Crippen LogP contribution in [0.3, 0.4) is 0 Å². The standard InChI is InChI=1S/C22H31N3O3/c1-15-12-13-17-18(14-15)23-25(22(17,5)6)19(26)24(16-10-8-7-9-11-16)20(27)28-21(2,3)4/h7-11,15,17H,12-14H2,1-6H3/t15-,17?/m1/s1. The van der Waals surface area contributed by atoms with Gasteiger partial charge in [0, 0.05) is 11.6 Å². The molecule has 0 saturated heterocycles. The van der Waals surface area contributed by atoms with Gasteiger partial charge in [0.05, 0.1) is 11.2 Å². The molecule has 1 unspecified atom stereocenters. The highest BCUT2D eigenvalue weighted by molar-refractivity contribution is 6.12. The summed E-state index contributed by atoms with van der Waals surface area (Å²) >= 11 is 0. The average molecular weight is 386 g/mol. The zero-order valence-electron chi connectivity index (χ0n) is 17.7. The van der Waals surface area contributed by atoms with E-state index in [-0.39, 0.29) is 5.92 Å². The number of hydrazone groups is 1. The Labute approximate surface area is 167 Å². The molecule has 0 spiro atoms. The predicted molar refractivity (Wildman–Crippen MR) is 110 cm³/mol. The van der Waals surface area contributed by atoms with Crippen LogP contribution in [0.15, 0.2) is 35.4 Å². The Hall–Kier alpha value is -2.37. The Morgan fingerprint density at radius 2 is 1.82 bits per heavy atom. The molecule has 1 aliphatic heterocycles. The molecule has 0 aromatic heterocycles. The summed E-state index contributed by atoms with van der Waals surface area (Å²) in [6, 6.07) is 8.42. The summed E-state index contributed by atoms with van der Waals surface area (Å²) in [7, 11) is 0. The van der Waals surface area contributed by atoms with Crippen LogP contribution in [0.4, 0.5) is 15.3 Å². The topological polar surface area (TPSA) is 62.2 Å². The smallest absolute Gasteiger partial charge is 0.423 e. The second-order valence-electron chi connectivity index (χ2n) is 9.43. The number of ether oxygens (including phenoxy) is 1. The lowest BCUT2D eigenvalue weighted by Crippen LogP contribution is -2.54. The van der Waals surface area contributed by atoms with Crippen LogP contribution in [-0.2, 0) is 4.74 Å². The molecule has 3 amide bonds. The van der Waals surface area contributed by atoms with E-state index in [9.17, 15) is 9.59 Å². The van der Waals surface area contributed by atoms with Crippen LogP contribution in [0.1, 0.15) is 60.8 Å². The number of para-hydroxylation sites is 1. The molecular weight excluding hydrogens is 354 g/mol. The minimum atomic E-state index is -0.708. The number of anilines is 1. The molecule has 2 atom stereocenters. The summed E-state index contributed by atoms with van der Waals surface area (Å²) in [5, 5.41) is 6.18. The van der Waals surface area contributed by atoms with Gasteiger partial charge in [-0.05, 0) is 71.9 Å². The summed E-state index contributed by atoms with van der Waals surface area (Å²) in [4.78, 5) is 27.6. The van der Waals surface area contributed by atoms with Crippen molar-refractivity contribution in [1.82, 2.24) is 5.01 Å². The van der Waals surface area contributed by atoms with Crippen LogP contribution in [-0.4, -0.2) is 34.0 Å². The lowest BCUT2D eigenvalue weighted by molar-refractivity contribution is 0.0570. The molecule has 6 nitrogen and oxygen atoms in total. The molecule has 28 heavy (non-hydrogen) atoms. The van der Waals surface area contributed by atoms with Crippen molar-refractivity contribution >= 4 is 23.5 Å². The van der Waals surface area contributed by atoms with Crippen molar-refractivity contribution in [2.24, 2.45) is 16.9 Å². The van der Waals surface area contributed by atoms with Crippen molar-refractivity contribution in [3.63, 3.8) is 0 Å². The van der Waals surface area contributed by atoms with E-state index in [0.717, 1.165) is 29.9 Å². The number of urea groups is 1. The molecule has 152 valence electrons. The number of fused-ring (bicyclic) bond motifs is 1. The third-order valence-corrected chi connectivity index (χ3v) is 5.50. The Kier molecular flexibility index (Phi) is 5.26. The van der Waals surface area contributed by atoms with Crippen molar-refractivity contribution in [2.75, 3.05) is 4.90 Å². The molecule has 1 heterocycles. The summed E-state index contributed by atoms with van der Waals surface area (Å²) in [5.41, 5.74) is 0.345. The number of rotatable bonds is 1. The molecule has 1 aromatic rings. The van der Waals surface area contributed by atoms with E-state index in [1.54, 1.807) is 45.0 Å². The first-order valence-corrected chi connectivity index (χ1v) is 10.0. The summed E-state index contributed by atoms with van der Waals surface area (Å²) in [5.74, 6) is 0.792. The van der Waals surface area contributed by atoms with Gasteiger partial charge in [-0.3, -0.25) is 0 Å². The van der Waals surface area contributed by atoms with Gasteiger partial charge in [-0.15, -0.1) is 0 Å². The lowest BCUT2D eigenvalue weighted by atomic mass is 9.73. The number of amides is 3. The van der Waals surface area contributed by atoms with Crippen LogP contribution in [0.2, 0.25) is 0 Å². The zero-order chi connectivity index (χ0) is 20.7. The number of hydrogen-bond acceptors (Lipinski definition) is 4. The van der Waals surface area contributed by atoms with Gasteiger partial charge >= 0.3 is 12.1 Å². The average Bonchev–Trinajstić information content (AvgIpc) is 2.84. The largest absolute Gasteiger partial charge is 0.443 e. The van der Waals surface area contributed by atoms with E-state index in [4.69, 9.17) is 4.74 Å². The lowest BCUT2D eigenvalue weighted by Gasteiger charge is -2.38. The van der Waals surface area contributed by atoms with Crippen LogP contribution < -0.4 is 4.90 Å². The second kappa shape index (κ2) is 7.22. The molecule has 1 saturated carbocycles. The van der Waals surface area contributed by atoms with Gasteiger partial charge in [-0.1, -0.05) is 25.1 Å². The molecular formula is C22H31N3O3. The first kappa shape index (κ1) is 20.4. The molecule has 1 fully saturated rings. The van der Waals surface area contributed by atoms with Crippen molar-refractivity contribution in [2.45, 2.75) is 71.9 Å². The Morgan fingerprint density at radius 1 is 1.18 bits per heavy atom. The quantitative estimate of drug-likeness (QED) is 0.647. The van der Waals surface area contributed by atoms with Gasteiger partial charge in [0.25, 0.3) is 0 Å². The highest BCUT2D eigenvalue weighted by atomic mass is 16.6. The number of benzene rings is 1. The monoisotopic (exact) mass is 385 g/mol. The van der Waals surface area contributed by atoms with Crippen molar-refractivity contribution in [1.29, 1.82) is 0 Å². The maximum atomic E-state index is 13.6. The SMILES string of the molecule is C[C@@H]1CCC2C(=NN(C(=O)N(C(=O)OC(C)(C)C)c3ccccc3)C2(C)C)C1. The molecule has 3 rings (SSSR count). The highest BCUT2D eigenvalue weighted by Gasteiger charge is 2.50. The summed E-state index contributed by atoms with van der Waals surface area (Å²) in [6.07, 6.45) is 2.34. The number of nitrogens with zero attached hydrogens (tertiary/aromatic N) is 3. The highest BCUT2D eigenvalue weighted by Crippen LogP contribution is 2.42. The van der Waals surface area contributed by atoms with E-state index in [0.29, 0.717) is 11.6 Å². The maximum absolute atomic E-state index is 13.6. The van der Waals surface area contributed by atoms with Crippen LogP contribution in [0.5, 0.6) is 0 Å². The van der Waals surface area contributed by atoms with Gasteiger partial charge in [0.15, 0.2) is 0 Å². The van der Waals surface area contributed by atoms with Gasteiger partial charge in [0.1, 0.15) is 5.60 Å².